The van der Waals surface area contributed by atoms with Crippen LogP contribution in [0.25, 0.3) is 28.1 Å². The van der Waals surface area contributed by atoms with Gasteiger partial charge in [0.25, 0.3) is 11.5 Å². The van der Waals surface area contributed by atoms with Crippen LogP contribution in [0.15, 0.2) is 71.7 Å². The lowest BCUT2D eigenvalue weighted by molar-refractivity contribution is -0.137. The van der Waals surface area contributed by atoms with Crippen LogP contribution in [0.4, 0.5) is 18.9 Å². The molecule has 1 saturated carbocycles. The Morgan fingerprint density at radius 3 is 2.59 bits per heavy atom. The summed E-state index contributed by atoms with van der Waals surface area (Å²) in [5.41, 5.74) is 2.55. The fourth-order valence-corrected chi connectivity index (χ4v) is 4.22. The zero-order valence-electron chi connectivity index (χ0n) is 20.3. The van der Waals surface area contributed by atoms with Gasteiger partial charge >= 0.3 is 6.18 Å². The van der Waals surface area contributed by atoms with Crippen LogP contribution in [0, 0.1) is 12.8 Å². The summed E-state index contributed by atoms with van der Waals surface area (Å²) in [6, 6.07) is 13.0. The summed E-state index contributed by atoms with van der Waals surface area (Å²) in [6.45, 7) is 1.85. The Morgan fingerprint density at radius 1 is 1.08 bits per heavy atom. The molecule has 1 fully saturated rings. The predicted molar refractivity (Wildman–Crippen MR) is 138 cm³/mol. The largest absolute Gasteiger partial charge is 0.416 e. The minimum Gasteiger partial charge on any atom is -0.322 e. The number of fused-ring (bicyclic) bond motifs is 1. The topological polar surface area (TPSA) is 64.0 Å². The Morgan fingerprint density at radius 2 is 1.86 bits per heavy atom. The van der Waals surface area contributed by atoms with Gasteiger partial charge in [-0.05, 0) is 85.4 Å². The number of benzene rings is 2. The van der Waals surface area contributed by atoms with Gasteiger partial charge in [0.15, 0.2) is 0 Å². The highest BCUT2D eigenvalue weighted by Gasteiger charge is 2.31. The third-order valence-corrected chi connectivity index (χ3v) is 6.53. The molecule has 2 heterocycles. The lowest BCUT2D eigenvalue weighted by Gasteiger charge is -2.14. The lowest BCUT2D eigenvalue weighted by Crippen LogP contribution is -2.19. The summed E-state index contributed by atoms with van der Waals surface area (Å²) >= 11 is 0. The molecule has 0 bridgehead atoms. The van der Waals surface area contributed by atoms with Crippen molar-refractivity contribution < 1.29 is 18.0 Å². The van der Waals surface area contributed by atoms with E-state index in [-0.39, 0.29) is 11.1 Å². The van der Waals surface area contributed by atoms with E-state index in [2.05, 4.69) is 16.4 Å². The normalized spacial score (nSPS) is 13.9. The van der Waals surface area contributed by atoms with Crippen molar-refractivity contribution in [1.29, 1.82) is 0 Å². The van der Waals surface area contributed by atoms with E-state index >= 15 is 0 Å². The van der Waals surface area contributed by atoms with Crippen LogP contribution < -0.4 is 10.9 Å². The van der Waals surface area contributed by atoms with Gasteiger partial charge < -0.3 is 9.88 Å². The number of halogens is 3. The average molecular weight is 504 g/mol. The van der Waals surface area contributed by atoms with Crippen LogP contribution in [-0.2, 0) is 13.2 Å². The SMILES string of the molecule is Cc1ccc(NC(=O)c2cccc(C(F)(F)F)c2)cc1-c1cc2cnc(/C=C/C3CC3)cc2n(C)c1=O. The van der Waals surface area contributed by atoms with Crippen LogP contribution in [-0.4, -0.2) is 15.5 Å². The first-order valence-corrected chi connectivity index (χ1v) is 11.9. The van der Waals surface area contributed by atoms with Crippen molar-refractivity contribution in [1.82, 2.24) is 9.55 Å². The van der Waals surface area contributed by atoms with E-state index in [0.717, 1.165) is 34.3 Å². The molecule has 5 rings (SSSR count). The van der Waals surface area contributed by atoms with Gasteiger partial charge in [0, 0.05) is 35.4 Å². The van der Waals surface area contributed by atoms with Gasteiger partial charge in [-0.1, -0.05) is 18.2 Å². The molecule has 5 nitrogen and oxygen atoms in total. The number of hydrogen-bond donors (Lipinski definition) is 1. The lowest BCUT2D eigenvalue weighted by atomic mass is 9.99. The van der Waals surface area contributed by atoms with Gasteiger partial charge in [-0.25, -0.2) is 0 Å². The number of hydrogen-bond acceptors (Lipinski definition) is 3. The Labute approximate surface area is 211 Å². The van der Waals surface area contributed by atoms with Gasteiger partial charge in [0.05, 0.1) is 16.8 Å². The molecule has 0 saturated heterocycles. The molecule has 1 aliphatic rings. The second-order valence-electron chi connectivity index (χ2n) is 9.35. The van der Waals surface area contributed by atoms with E-state index in [1.54, 1.807) is 42.1 Å². The van der Waals surface area contributed by atoms with E-state index in [1.807, 2.05) is 19.1 Å². The van der Waals surface area contributed by atoms with Gasteiger partial charge in [-0.2, -0.15) is 13.2 Å². The first kappa shape index (κ1) is 24.5. The molecular weight excluding hydrogens is 479 g/mol. The summed E-state index contributed by atoms with van der Waals surface area (Å²) in [4.78, 5) is 30.5. The summed E-state index contributed by atoms with van der Waals surface area (Å²) in [5.74, 6) is -0.0590. The molecule has 1 aliphatic carbocycles. The molecule has 1 N–H and O–H groups in total. The minimum absolute atomic E-state index is 0.115. The molecule has 0 atom stereocenters. The number of aryl methyl sites for hydroxylation is 2. The number of rotatable bonds is 5. The molecule has 1 amide bonds. The Kier molecular flexibility index (Phi) is 6.19. The van der Waals surface area contributed by atoms with E-state index < -0.39 is 17.6 Å². The van der Waals surface area contributed by atoms with Gasteiger partial charge in [-0.15, -0.1) is 0 Å². The highest BCUT2D eigenvalue weighted by molar-refractivity contribution is 6.04. The number of pyridine rings is 2. The fourth-order valence-electron chi connectivity index (χ4n) is 4.22. The zero-order valence-corrected chi connectivity index (χ0v) is 20.3. The smallest absolute Gasteiger partial charge is 0.322 e. The highest BCUT2D eigenvalue weighted by Crippen LogP contribution is 2.32. The zero-order chi connectivity index (χ0) is 26.3. The highest BCUT2D eigenvalue weighted by atomic mass is 19.4. The Hall–Kier alpha value is -4.20. The van der Waals surface area contributed by atoms with Crippen molar-refractivity contribution in [3.63, 3.8) is 0 Å². The maximum atomic E-state index is 13.3. The molecule has 37 heavy (non-hydrogen) atoms. The fraction of sp³-hybridized carbons (Fsp3) is 0.207. The standard InChI is InChI=1S/C29H24F3N3O2/c1-17-6-10-23(34-27(36)19-4-3-5-21(12-19)29(30,31)32)14-24(17)25-13-20-16-33-22(11-9-18-7-8-18)15-26(20)35(2)28(25)37/h3-6,9-16,18H,7-8H2,1-2H3,(H,34,36)/b11-9+. The molecular formula is C29H24F3N3O2. The van der Waals surface area contributed by atoms with Crippen molar-refractivity contribution in [2.75, 3.05) is 5.32 Å². The number of aromatic nitrogens is 2. The van der Waals surface area contributed by atoms with Gasteiger partial charge in [0.2, 0.25) is 0 Å². The molecule has 8 heteroatoms. The number of amides is 1. The average Bonchev–Trinajstić information content (AvgIpc) is 3.70. The quantitative estimate of drug-likeness (QED) is 0.334. The van der Waals surface area contributed by atoms with Crippen LogP contribution >= 0.6 is 0 Å². The molecule has 188 valence electrons. The van der Waals surface area contributed by atoms with Crippen molar-refractivity contribution in [3.05, 3.63) is 99.6 Å². The number of allylic oxidation sites excluding steroid dienone is 1. The first-order chi connectivity index (χ1) is 17.6. The van der Waals surface area contributed by atoms with Crippen molar-refractivity contribution >= 4 is 28.6 Å². The third kappa shape index (κ3) is 5.18. The number of anilines is 1. The Bertz CT molecular complexity index is 1620. The third-order valence-electron chi connectivity index (χ3n) is 6.53. The minimum atomic E-state index is -4.55. The van der Waals surface area contributed by atoms with E-state index in [1.165, 1.54) is 25.0 Å². The molecule has 0 aliphatic heterocycles. The first-order valence-electron chi connectivity index (χ1n) is 11.9. The number of nitrogens with one attached hydrogen (secondary N) is 1. The second kappa shape index (κ2) is 9.35. The van der Waals surface area contributed by atoms with E-state index in [0.29, 0.717) is 22.7 Å². The van der Waals surface area contributed by atoms with Crippen LogP contribution in [0.5, 0.6) is 0 Å². The van der Waals surface area contributed by atoms with Gasteiger partial charge in [-0.3, -0.25) is 14.6 Å². The summed E-state index contributed by atoms with van der Waals surface area (Å²) in [7, 11) is 1.71. The number of carbonyl (C=O) groups excluding carboxylic acids is 1. The molecule has 2 aromatic heterocycles. The van der Waals surface area contributed by atoms with Crippen molar-refractivity contribution in [2.24, 2.45) is 13.0 Å². The molecule has 4 aromatic rings. The molecule has 0 unspecified atom stereocenters. The maximum absolute atomic E-state index is 13.3. The van der Waals surface area contributed by atoms with E-state index in [9.17, 15) is 22.8 Å². The summed E-state index contributed by atoms with van der Waals surface area (Å²) in [6.07, 6.45) is 3.71. The number of carbonyl (C=O) groups is 1. The number of nitrogens with zero attached hydrogens (tertiary/aromatic N) is 2. The predicted octanol–water partition coefficient (Wildman–Crippen LogP) is 6.60. The van der Waals surface area contributed by atoms with Crippen molar-refractivity contribution in [2.45, 2.75) is 25.9 Å². The van der Waals surface area contributed by atoms with Crippen LogP contribution in [0.3, 0.4) is 0 Å². The number of alkyl halides is 3. The van der Waals surface area contributed by atoms with Crippen molar-refractivity contribution in [3.8, 4) is 11.1 Å². The van der Waals surface area contributed by atoms with Gasteiger partial charge in [0.1, 0.15) is 0 Å². The molecule has 2 aromatic carbocycles. The van der Waals surface area contributed by atoms with Crippen LogP contribution in [0.2, 0.25) is 0 Å². The summed E-state index contributed by atoms with van der Waals surface area (Å²) in [5, 5.41) is 3.44. The molecule has 0 radical (unpaired) electrons. The molecule has 0 spiro atoms. The monoisotopic (exact) mass is 503 g/mol. The summed E-state index contributed by atoms with van der Waals surface area (Å²) < 4.78 is 40.7. The van der Waals surface area contributed by atoms with Crippen LogP contribution in [0.1, 0.15) is 40.0 Å². The maximum Gasteiger partial charge on any atom is 0.416 e. The van der Waals surface area contributed by atoms with E-state index in [4.69, 9.17) is 0 Å². The Balaban J connectivity index is 1.48. The second-order valence-corrected chi connectivity index (χ2v) is 9.35.